The molecule has 0 amide bonds. The van der Waals surface area contributed by atoms with E-state index in [1.54, 1.807) is 0 Å². The molecule has 1 aliphatic rings. The van der Waals surface area contributed by atoms with Crippen molar-refractivity contribution in [3.63, 3.8) is 0 Å². The minimum absolute atomic E-state index is 0.260. The number of fused-ring (bicyclic) bond motifs is 1. The summed E-state index contributed by atoms with van der Waals surface area (Å²) in [6, 6.07) is 14.4. The Morgan fingerprint density at radius 3 is 2.74 bits per heavy atom. The van der Waals surface area contributed by atoms with E-state index in [1.807, 2.05) is 18.2 Å². The van der Waals surface area contributed by atoms with Gasteiger partial charge in [-0.2, -0.15) is 0 Å². The first-order valence-electron chi connectivity index (χ1n) is 6.00. The van der Waals surface area contributed by atoms with Crippen LogP contribution in [0.1, 0.15) is 16.0 Å². The maximum Gasteiger partial charge on any atom is 0.231 e. The molecule has 0 saturated carbocycles. The second-order valence-electron chi connectivity index (χ2n) is 4.41. The van der Waals surface area contributed by atoms with Gasteiger partial charge in [-0.25, -0.2) is 0 Å². The molecule has 0 aliphatic carbocycles. The molecule has 1 aliphatic heterocycles. The Balaban J connectivity index is 1.78. The molecule has 1 atom stereocenters. The molecule has 1 unspecified atom stereocenters. The summed E-state index contributed by atoms with van der Waals surface area (Å²) < 4.78 is 11.8. The van der Waals surface area contributed by atoms with Crippen LogP contribution in [-0.4, -0.2) is 6.79 Å². The summed E-state index contributed by atoms with van der Waals surface area (Å²) in [4.78, 5) is 0.260. The van der Waals surface area contributed by atoms with Gasteiger partial charge in [0.1, 0.15) is 0 Å². The van der Waals surface area contributed by atoms with Gasteiger partial charge in [0.15, 0.2) is 11.5 Å². The van der Waals surface area contributed by atoms with Gasteiger partial charge in [-0.15, -0.1) is 0 Å². The molecule has 1 heterocycles. The zero-order valence-corrected chi connectivity index (χ0v) is 13.3. The molecule has 19 heavy (non-hydrogen) atoms. The summed E-state index contributed by atoms with van der Waals surface area (Å²) >= 11 is 7.24. The first-order chi connectivity index (χ1) is 9.22. The lowest BCUT2D eigenvalue weighted by Crippen LogP contribution is -1.95. The Morgan fingerprint density at radius 2 is 1.89 bits per heavy atom. The number of ether oxygens (including phenoxy) is 2. The fraction of sp³-hybridized carbons (Fsp3) is 0.200. The smallest absolute Gasteiger partial charge is 0.231 e. The van der Waals surface area contributed by atoms with Gasteiger partial charge >= 0.3 is 0 Å². The molecule has 0 aromatic heterocycles. The van der Waals surface area contributed by atoms with Crippen LogP contribution in [0.3, 0.4) is 0 Å². The standard InChI is InChI=1S/C15H12Br2O2/c16-12-3-1-2-10(6-12)7-13(17)11-4-5-14-15(8-11)19-9-18-14/h1-6,8,13H,7,9H2. The second kappa shape index (κ2) is 5.55. The first-order valence-corrected chi connectivity index (χ1v) is 7.71. The number of halogens is 2. The van der Waals surface area contributed by atoms with Crippen molar-refractivity contribution >= 4 is 31.9 Å². The van der Waals surface area contributed by atoms with Crippen LogP contribution in [0.5, 0.6) is 11.5 Å². The van der Waals surface area contributed by atoms with Gasteiger partial charge in [-0.1, -0.05) is 50.1 Å². The molecule has 0 radical (unpaired) electrons. The summed E-state index contributed by atoms with van der Waals surface area (Å²) in [7, 11) is 0. The Kier molecular flexibility index (Phi) is 3.80. The van der Waals surface area contributed by atoms with Crippen molar-refractivity contribution < 1.29 is 9.47 Å². The van der Waals surface area contributed by atoms with Crippen LogP contribution in [0.15, 0.2) is 46.9 Å². The number of hydrogen-bond acceptors (Lipinski definition) is 2. The number of rotatable bonds is 3. The van der Waals surface area contributed by atoms with E-state index in [0.29, 0.717) is 6.79 Å². The highest BCUT2D eigenvalue weighted by Gasteiger charge is 2.16. The quantitative estimate of drug-likeness (QED) is 0.705. The van der Waals surface area contributed by atoms with Crippen LogP contribution < -0.4 is 9.47 Å². The zero-order valence-electron chi connectivity index (χ0n) is 10.1. The average molecular weight is 384 g/mol. The predicted molar refractivity (Wildman–Crippen MR) is 82.1 cm³/mol. The maximum atomic E-state index is 5.41. The highest BCUT2D eigenvalue weighted by molar-refractivity contribution is 9.10. The number of hydrogen-bond donors (Lipinski definition) is 0. The highest BCUT2D eigenvalue weighted by atomic mass is 79.9. The Hall–Kier alpha value is -1.00. The summed E-state index contributed by atoms with van der Waals surface area (Å²) in [6.07, 6.45) is 0.930. The molecule has 0 bridgehead atoms. The maximum absolute atomic E-state index is 5.41. The monoisotopic (exact) mass is 382 g/mol. The third-order valence-corrected chi connectivity index (χ3v) is 4.41. The third-order valence-electron chi connectivity index (χ3n) is 3.06. The summed E-state index contributed by atoms with van der Waals surface area (Å²) in [6.45, 7) is 0.317. The number of benzene rings is 2. The normalized spacial score (nSPS) is 14.4. The Labute approximate surface area is 129 Å². The van der Waals surface area contributed by atoms with Crippen LogP contribution in [0.2, 0.25) is 0 Å². The van der Waals surface area contributed by atoms with E-state index < -0.39 is 0 Å². The van der Waals surface area contributed by atoms with E-state index in [9.17, 15) is 0 Å². The SMILES string of the molecule is Brc1cccc(CC(Br)c2ccc3c(c2)OCO3)c1. The molecule has 2 nitrogen and oxygen atoms in total. The molecule has 3 rings (SSSR count). The summed E-state index contributed by atoms with van der Waals surface area (Å²) in [5, 5.41) is 0. The Bertz CT molecular complexity index is 598. The van der Waals surface area contributed by atoms with Gasteiger partial charge < -0.3 is 9.47 Å². The molecule has 0 N–H and O–H groups in total. The van der Waals surface area contributed by atoms with Gasteiger partial charge in [0, 0.05) is 9.30 Å². The van der Waals surface area contributed by atoms with E-state index in [-0.39, 0.29) is 4.83 Å². The van der Waals surface area contributed by atoms with Crippen LogP contribution in [-0.2, 0) is 6.42 Å². The topological polar surface area (TPSA) is 18.5 Å². The van der Waals surface area contributed by atoms with Crippen molar-refractivity contribution in [1.82, 2.24) is 0 Å². The highest BCUT2D eigenvalue weighted by Crippen LogP contribution is 2.37. The van der Waals surface area contributed by atoms with E-state index in [1.165, 1.54) is 11.1 Å². The van der Waals surface area contributed by atoms with Gasteiger partial charge in [-0.3, -0.25) is 0 Å². The molecular weight excluding hydrogens is 372 g/mol. The first kappa shape index (κ1) is 13.0. The van der Waals surface area contributed by atoms with E-state index in [2.05, 4.69) is 56.1 Å². The second-order valence-corrected chi connectivity index (χ2v) is 6.44. The molecule has 2 aromatic carbocycles. The van der Waals surface area contributed by atoms with Crippen molar-refractivity contribution in [2.75, 3.05) is 6.79 Å². The van der Waals surface area contributed by atoms with Crippen molar-refractivity contribution in [3.8, 4) is 11.5 Å². The largest absolute Gasteiger partial charge is 0.454 e. The third kappa shape index (κ3) is 2.95. The molecule has 0 spiro atoms. The fourth-order valence-corrected chi connectivity index (χ4v) is 3.20. The van der Waals surface area contributed by atoms with E-state index in [4.69, 9.17) is 9.47 Å². The summed E-state index contributed by atoms with van der Waals surface area (Å²) in [5.41, 5.74) is 2.48. The van der Waals surface area contributed by atoms with E-state index in [0.717, 1.165) is 22.4 Å². The van der Waals surface area contributed by atoms with Crippen LogP contribution in [0.25, 0.3) is 0 Å². The Morgan fingerprint density at radius 1 is 1.05 bits per heavy atom. The van der Waals surface area contributed by atoms with E-state index >= 15 is 0 Å². The molecule has 0 fully saturated rings. The average Bonchev–Trinajstić information content (AvgIpc) is 2.85. The van der Waals surface area contributed by atoms with Crippen molar-refractivity contribution in [1.29, 1.82) is 0 Å². The zero-order chi connectivity index (χ0) is 13.2. The lowest BCUT2D eigenvalue weighted by molar-refractivity contribution is 0.174. The van der Waals surface area contributed by atoms with Gasteiger partial charge in [0.2, 0.25) is 6.79 Å². The molecule has 2 aromatic rings. The minimum Gasteiger partial charge on any atom is -0.454 e. The predicted octanol–water partition coefficient (Wildman–Crippen LogP) is 4.86. The molecule has 98 valence electrons. The van der Waals surface area contributed by atoms with Crippen molar-refractivity contribution in [3.05, 3.63) is 58.1 Å². The minimum atomic E-state index is 0.260. The van der Waals surface area contributed by atoms with Crippen molar-refractivity contribution in [2.24, 2.45) is 0 Å². The van der Waals surface area contributed by atoms with Crippen molar-refractivity contribution in [2.45, 2.75) is 11.2 Å². The molecule has 4 heteroatoms. The fourth-order valence-electron chi connectivity index (χ4n) is 2.10. The van der Waals surface area contributed by atoms with Gasteiger partial charge in [0.25, 0.3) is 0 Å². The van der Waals surface area contributed by atoms with Gasteiger partial charge in [-0.05, 0) is 41.8 Å². The lowest BCUT2D eigenvalue weighted by Gasteiger charge is -2.11. The number of alkyl halides is 1. The van der Waals surface area contributed by atoms with Crippen LogP contribution in [0, 0.1) is 0 Å². The van der Waals surface area contributed by atoms with Crippen LogP contribution in [0.4, 0.5) is 0 Å². The molecular formula is C15H12Br2O2. The van der Waals surface area contributed by atoms with Crippen LogP contribution >= 0.6 is 31.9 Å². The molecule has 0 saturated heterocycles. The van der Waals surface area contributed by atoms with Gasteiger partial charge in [0.05, 0.1) is 0 Å². The lowest BCUT2D eigenvalue weighted by atomic mass is 10.0. The summed E-state index contributed by atoms with van der Waals surface area (Å²) in [5.74, 6) is 1.65.